The molecule has 1 saturated heterocycles. The molecule has 0 amide bonds. The first-order valence-corrected chi connectivity index (χ1v) is 9.69. The molecule has 0 N–H and O–H groups in total. The van der Waals surface area contributed by atoms with Crippen molar-refractivity contribution in [3.05, 3.63) is 28.5 Å². The van der Waals surface area contributed by atoms with Gasteiger partial charge in [0.05, 0.1) is 11.2 Å². The minimum Gasteiger partial charge on any atom is -0.298 e. The van der Waals surface area contributed by atoms with Crippen molar-refractivity contribution in [2.45, 2.75) is 57.5 Å². The minimum absolute atomic E-state index is 0.739. The molecule has 1 aliphatic heterocycles. The molecule has 2 aromatic rings. The number of aromatic nitrogens is 4. The highest BCUT2D eigenvalue weighted by atomic mass is 32.1. The van der Waals surface area contributed by atoms with Crippen LogP contribution in [0.4, 0.5) is 0 Å². The predicted molar refractivity (Wildman–Crippen MR) is 91.3 cm³/mol. The Bertz CT molecular complexity index is 594. The smallest absolute Gasteiger partial charge is 0.0959 e. The Hall–Kier alpha value is -1.27. The highest BCUT2D eigenvalue weighted by molar-refractivity contribution is 7.11. The lowest BCUT2D eigenvalue weighted by atomic mass is 9.97. The van der Waals surface area contributed by atoms with E-state index in [1.807, 2.05) is 22.2 Å². The molecular weight excluding hydrogens is 306 g/mol. The molecule has 6 heteroatoms. The van der Waals surface area contributed by atoms with Gasteiger partial charge in [0.25, 0.3) is 0 Å². The molecule has 0 aromatic carbocycles. The lowest BCUT2D eigenvalue weighted by Gasteiger charge is -2.31. The van der Waals surface area contributed by atoms with Crippen molar-refractivity contribution in [2.24, 2.45) is 5.92 Å². The molecule has 0 bridgehead atoms. The van der Waals surface area contributed by atoms with E-state index in [0.717, 1.165) is 24.9 Å². The lowest BCUT2D eigenvalue weighted by Crippen LogP contribution is -2.34. The van der Waals surface area contributed by atoms with Gasteiger partial charge in [0.15, 0.2) is 0 Å². The summed E-state index contributed by atoms with van der Waals surface area (Å²) in [4.78, 5) is 8.73. The van der Waals surface area contributed by atoms with Crippen molar-refractivity contribution in [1.29, 1.82) is 0 Å². The number of hydrogen-bond acceptors (Lipinski definition) is 5. The number of piperidine rings is 1. The number of likely N-dealkylation sites (tertiary alicyclic amines) is 1. The summed E-state index contributed by atoms with van der Waals surface area (Å²) in [6.07, 6.45) is 13.8. The van der Waals surface area contributed by atoms with Crippen LogP contribution in [0.2, 0.25) is 0 Å². The molecule has 124 valence electrons. The molecule has 1 aliphatic carbocycles. The zero-order valence-corrected chi connectivity index (χ0v) is 14.4. The normalized spacial score (nSPS) is 21.2. The van der Waals surface area contributed by atoms with Crippen molar-refractivity contribution < 1.29 is 0 Å². The van der Waals surface area contributed by atoms with Crippen molar-refractivity contribution in [1.82, 2.24) is 24.9 Å². The summed E-state index contributed by atoms with van der Waals surface area (Å²) in [5, 5.41) is 9.36. The molecule has 2 fully saturated rings. The van der Waals surface area contributed by atoms with Crippen LogP contribution < -0.4 is 0 Å². The summed E-state index contributed by atoms with van der Waals surface area (Å²) in [6.45, 7) is 4.48. The average Bonchev–Trinajstić information content (AvgIpc) is 3.31. The number of thiazole rings is 1. The molecule has 0 spiro atoms. The molecule has 0 atom stereocenters. The van der Waals surface area contributed by atoms with Gasteiger partial charge in [-0.3, -0.25) is 9.58 Å². The number of nitrogens with zero attached hydrogens (tertiary/aromatic N) is 5. The van der Waals surface area contributed by atoms with Gasteiger partial charge in [-0.15, -0.1) is 16.4 Å². The van der Waals surface area contributed by atoms with E-state index in [-0.39, 0.29) is 0 Å². The van der Waals surface area contributed by atoms with Crippen LogP contribution in [0.1, 0.15) is 54.3 Å². The van der Waals surface area contributed by atoms with Crippen LogP contribution in [0.25, 0.3) is 0 Å². The Labute approximate surface area is 141 Å². The van der Waals surface area contributed by atoms with Gasteiger partial charge in [0.1, 0.15) is 0 Å². The zero-order chi connectivity index (χ0) is 15.5. The van der Waals surface area contributed by atoms with E-state index in [1.54, 1.807) is 6.20 Å². The Morgan fingerprint density at radius 2 is 1.96 bits per heavy atom. The number of hydrogen-bond donors (Lipinski definition) is 0. The second kappa shape index (κ2) is 7.09. The van der Waals surface area contributed by atoms with E-state index < -0.39 is 0 Å². The molecule has 3 heterocycles. The highest BCUT2D eigenvalue weighted by Crippen LogP contribution is 2.36. The third-order valence-electron chi connectivity index (χ3n) is 5.28. The van der Waals surface area contributed by atoms with E-state index in [2.05, 4.69) is 21.4 Å². The first-order valence-electron chi connectivity index (χ1n) is 8.88. The first-order chi connectivity index (χ1) is 11.4. The van der Waals surface area contributed by atoms with E-state index in [4.69, 9.17) is 4.98 Å². The van der Waals surface area contributed by atoms with E-state index >= 15 is 0 Å². The van der Waals surface area contributed by atoms with Gasteiger partial charge in [-0.25, -0.2) is 4.98 Å². The van der Waals surface area contributed by atoms with Crippen molar-refractivity contribution in [3.8, 4) is 0 Å². The molecule has 4 rings (SSSR count). The first kappa shape index (κ1) is 15.3. The number of rotatable bonds is 5. The van der Waals surface area contributed by atoms with Gasteiger partial charge in [0, 0.05) is 36.3 Å². The van der Waals surface area contributed by atoms with Crippen LogP contribution in [0.5, 0.6) is 0 Å². The van der Waals surface area contributed by atoms with Crippen molar-refractivity contribution >= 4 is 11.3 Å². The van der Waals surface area contributed by atoms with Gasteiger partial charge < -0.3 is 0 Å². The van der Waals surface area contributed by atoms with Crippen LogP contribution in [0.15, 0.2) is 18.6 Å². The van der Waals surface area contributed by atoms with Gasteiger partial charge in [0.2, 0.25) is 0 Å². The highest BCUT2D eigenvalue weighted by Gasteiger charge is 2.23. The average molecular weight is 331 g/mol. The van der Waals surface area contributed by atoms with Gasteiger partial charge >= 0.3 is 0 Å². The molecule has 1 saturated carbocycles. The summed E-state index contributed by atoms with van der Waals surface area (Å²) < 4.78 is 1.97. The summed E-state index contributed by atoms with van der Waals surface area (Å²) in [5.74, 6) is 1.49. The van der Waals surface area contributed by atoms with Crippen LogP contribution in [0.3, 0.4) is 0 Å². The Morgan fingerprint density at radius 3 is 2.70 bits per heavy atom. The predicted octanol–water partition coefficient (Wildman–Crippen LogP) is 3.30. The molecule has 0 radical (unpaired) electrons. The van der Waals surface area contributed by atoms with Crippen molar-refractivity contribution in [3.63, 3.8) is 0 Å². The fraction of sp³-hybridized carbons (Fsp3) is 0.706. The SMILES string of the molecule is c1cn(CC2CCN(Cc3cnc(C4CCCC4)s3)CC2)nn1. The third kappa shape index (κ3) is 3.80. The summed E-state index contributed by atoms with van der Waals surface area (Å²) >= 11 is 1.95. The quantitative estimate of drug-likeness (QED) is 0.843. The summed E-state index contributed by atoms with van der Waals surface area (Å²) in [6, 6.07) is 0. The van der Waals surface area contributed by atoms with Crippen LogP contribution in [-0.4, -0.2) is 38.0 Å². The Balaban J connectivity index is 1.26. The zero-order valence-electron chi connectivity index (χ0n) is 13.6. The van der Waals surface area contributed by atoms with E-state index in [9.17, 15) is 0 Å². The van der Waals surface area contributed by atoms with E-state index in [0.29, 0.717) is 0 Å². The summed E-state index contributed by atoms with van der Waals surface area (Å²) in [5.41, 5.74) is 0. The maximum atomic E-state index is 4.70. The fourth-order valence-electron chi connectivity index (χ4n) is 3.90. The fourth-order valence-corrected chi connectivity index (χ4v) is 5.03. The van der Waals surface area contributed by atoms with E-state index in [1.165, 1.54) is 61.5 Å². The maximum Gasteiger partial charge on any atom is 0.0959 e. The largest absolute Gasteiger partial charge is 0.298 e. The second-order valence-electron chi connectivity index (χ2n) is 6.99. The molecule has 5 nitrogen and oxygen atoms in total. The Kier molecular flexibility index (Phi) is 4.71. The minimum atomic E-state index is 0.739. The van der Waals surface area contributed by atoms with Crippen LogP contribution in [0, 0.1) is 5.92 Å². The molecular formula is C17H25N5S. The van der Waals surface area contributed by atoms with Crippen molar-refractivity contribution in [2.75, 3.05) is 13.1 Å². The van der Waals surface area contributed by atoms with Crippen LogP contribution >= 0.6 is 11.3 Å². The lowest BCUT2D eigenvalue weighted by molar-refractivity contribution is 0.165. The molecule has 2 aromatic heterocycles. The maximum absolute atomic E-state index is 4.70. The van der Waals surface area contributed by atoms with Gasteiger partial charge in [-0.05, 0) is 44.7 Å². The standard InChI is InChI=1S/C17H25N5S/c1-2-4-15(3-1)17-18-11-16(23-17)13-21-8-5-14(6-9-21)12-22-10-7-19-20-22/h7,10-11,14-15H,1-6,8-9,12-13H2. The van der Waals surface area contributed by atoms with Gasteiger partial charge in [-0.2, -0.15) is 0 Å². The second-order valence-corrected chi connectivity index (χ2v) is 8.14. The molecule has 23 heavy (non-hydrogen) atoms. The molecule has 0 unspecified atom stereocenters. The monoisotopic (exact) mass is 331 g/mol. The topological polar surface area (TPSA) is 46.8 Å². The van der Waals surface area contributed by atoms with Gasteiger partial charge in [-0.1, -0.05) is 18.1 Å². The van der Waals surface area contributed by atoms with Crippen LogP contribution in [-0.2, 0) is 13.1 Å². The molecule has 2 aliphatic rings. The third-order valence-corrected chi connectivity index (χ3v) is 6.42. The summed E-state index contributed by atoms with van der Waals surface area (Å²) in [7, 11) is 0. The Morgan fingerprint density at radius 1 is 1.13 bits per heavy atom.